The molecule has 0 radical (unpaired) electrons. The van der Waals surface area contributed by atoms with E-state index in [0.29, 0.717) is 28.7 Å². The van der Waals surface area contributed by atoms with Gasteiger partial charge < -0.3 is 14.2 Å². The number of ether oxygens (including phenoxy) is 3. The van der Waals surface area contributed by atoms with E-state index < -0.39 is 0 Å². The smallest absolute Gasteiger partial charge is 0.185 e. The lowest BCUT2D eigenvalue weighted by Crippen LogP contribution is -1.96. The third-order valence-electron chi connectivity index (χ3n) is 3.33. The highest BCUT2D eigenvalue weighted by Crippen LogP contribution is 2.36. The predicted octanol–water partition coefficient (Wildman–Crippen LogP) is 4.65. The van der Waals surface area contributed by atoms with Gasteiger partial charge in [-0.2, -0.15) is 0 Å². The molecule has 5 heteroatoms. The van der Waals surface area contributed by atoms with Gasteiger partial charge in [-0.1, -0.05) is 17.7 Å². The van der Waals surface area contributed by atoms with E-state index in [2.05, 4.69) is 0 Å². The van der Waals surface area contributed by atoms with Crippen molar-refractivity contribution in [3.8, 4) is 17.2 Å². The predicted molar refractivity (Wildman–Crippen MR) is 95.5 cm³/mol. The van der Waals surface area contributed by atoms with Crippen molar-refractivity contribution in [2.45, 2.75) is 6.92 Å². The van der Waals surface area contributed by atoms with Gasteiger partial charge in [0.25, 0.3) is 0 Å². The molecule has 0 unspecified atom stereocenters. The molecule has 0 heterocycles. The molecule has 0 saturated carbocycles. The van der Waals surface area contributed by atoms with E-state index in [1.807, 2.05) is 6.92 Å². The summed E-state index contributed by atoms with van der Waals surface area (Å²) in [4.78, 5) is 12.2. The molecule has 0 atom stereocenters. The van der Waals surface area contributed by atoms with Gasteiger partial charge in [-0.3, -0.25) is 4.79 Å². The van der Waals surface area contributed by atoms with Gasteiger partial charge >= 0.3 is 0 Å². The van der Waals surface area contributed by atoms with Gasteiger partial charge in [-0.25, -0.2) is 0 Å². The van der Waals surface area contributed by atoms with E-state index >= 15 is 0 Å². The van der Waals surface area contributed by atoms with Gasteiger partial charge in [0.05, 0.1) is 25.8 Å². The van der Waals surface area contributed by atoms with Crippen molar-refractivity contribution in [3.63, 3.8) is 0 Å². The monoisotopic (exact) mass is 346 g/mol. The summed E-state index contributed by atoms with van der Waals surface area (Å²) in [5.41, 5.74) is 1.33. The minimum absolute atomic E-state index is 0.107. The van der Waals surface area contributed by atoms with Crippen molar-refractivity contribution in [1.29, 1.82) is 0 Å². The molecule has 4 nitrogen and oxygen atoms in total. The maximum Gasteiger partial charge on any atom is 0.185 e. The van der Waals surface area contributed by atoms with Crippen LogP contribution in [0.4, 0.5) is 0 Å². The molecule has 0 fully saturated rings. The summed E-state index contributed by atoms with van der Waals surface area (Å²) in [6, 6.07) is 10.5. The van der Waals surface area contributed by atoms with Crippen LogP contribution >= 0.6 is 11.6 Å². The van der Waals surface area contributed by atoms with Crippen molar-refractivity contribution in [3.05, 3.63) is 58.6 Å². The van der Waals surface area contributed by atoms with Gasteiger partial charge in [0, 0.05) is 5.56 Å². The van der Waals surface area contributed by atoms with Gasteiger partial charge in [0.2, 0.25) is 0 Å². The van der Waals surface area contributed by atoms with Crippen molar-refractivity contribution in [2.75, 3.05) is 20.8 Å². The summed E-state index contributed by atoms with van der Waals surface area (Å²) in [6.45, 7) is 2.50. The lowest BCUT2D eigenvalue weighted by atomic mass is 10.1. The number of benzene rings is 2. The van der Waals surface area contributed by atoms with Gasteiger partial charge in [0.1, 0.15) is 5.75 Å². The van der Waals surface area contributed by atoms with E-state index in [1.165, 1.54) is 20.3 Å². The minimum Gasteiger partial charge on any atom is -0.494 e. The van der Waals surface area contributed by atoms with Gasteiger partial charge in [-0.15, -0.1) is 0 Å². The number of hydrogen-bond acceptors (Lipinski definition) is 4. The number of halogens is 1. The van der Waals surface area contributed by atoms with E-state index in [-0.39, 0.29) is 5.78 Å². The summed E-state index contributed by atoms with van der Waals surface area (Å²) in [5, 5.41) is 0.421. The van der Waals surface area contributed by atoms with Crippen LogP contribution in [0.2, 0.25) is 5.02 Å². The number of carbonyl (C=O) groups is 1. The van der Waals surface area contributed by atoms with Crippen LogP contribution in [0, 0.1) is 0 Å². The van der Waals surface area contributed by atoms with Crippen molar-refractivity contribution in [2.24, 2.45) is 0 Å². The summed E-state index contributed by atoms with van der Waals surface area (Å²) in [6.07, 6.45) is 3.18. The normalized spacial score (nSPS) is 10.7. The molecule has 0 saturated heterocycles. The van der Waals surface area contributed by atoms with Crippen molar-refractivity contribution in [1.82, 2.24) is 0 Å². The molecule has 0 spiro atoms. The number of ketones is 1. The third kappa shape index (κ3) is 4.30. The molecule has 2 aromatic carbocycles. The molecule has 2 rings (SSSR count). The Morgan fingerprint density at radius 3 is 2.42 bits per heavy atom. The third-order valence-corrected chi connectivity index (χ3v) is 3.61. The first-order chi connectivity index (χ1) is 11.6. The Kier molecular flexibility index (Phi) is 6.27. The van der Waals surface area contributed by atoms with E-state index in [4.69, 9.17) is 25.8 Å². The highest BCUT2D eigenvalue weighted by molar-refractivity contribution is 6.32. The van der Waals surface area contributed by atoms with Crippen molar-refractivity contribution < 1.29 is 19.0 Å². The number of methoxy groups -OCH3 is 2. The highest BCUT2D eigenvalue weighted by atomic mass is 35.5. The first-order valence-electron chi connectivity index (χ1n) is 7.45. The molecule has 0 N–H and O–H groups in total. The maximum atomic E-state index is 12.2. The molecule has 0 bridgehead atoms. The van der Waals surface area contributed by atoms with E-state index in [0.717, 1.165) is 11.3 Å². The van der Waals surface area contributed by atoms with E-state index in [1.54, 1.807) is 42.5 Å². The van der Waals surface area contributed by atoms with Gasteiger partial charge in [-0.05, 0) is 55.0 Å². The van der Waals surface area contributed by atoms with Crippen molar-refractivity contribution >= 4 is 23.5 Å². The first kappa shape index (κ1) is 17.9. The van der Waals surface area contributed by atoms with Crippen LogP contribution in [0.3, 0.4) is 0 Å². The largest absolute Gasteiger partial charge is 0.494 e. The first-order valence-corrected chi connectivity index (χ1v) is 7.83. The van der Waals surface area contributed by atoms with Crippen LogP contribution in [0.15, 0.2) is 42.5 Å². The SMILES string of the molecule is CCOc1ccc(C(=O)/C=C/c2cc(Cl)c(OC)c(OC)c2)cc1. The summed E-state index contributed by atoms with van der Waals surface area (Å²) in [5.74, 6) is 1.61. The quantitative estimate of drug-likeness (QED) is 0.540. The molecule has 0 aliphatic carbocycles. The molecule has 0 aromatic heterocycles. The fraction of sp³-hybridized carbons (Fsp3) is 0.211. The fourth-order valence-corrected chi connectivity index (χ4v) is 2.48. The second-order valence-corrected chi connectivity index (χ2v) is 5.30. The standard InChI is InChI=1S/C19H19ClO4/c1-4-24-15-8-6-14(7-9-15)17(21)10-5-13-11-16(20)19(23-3)18(12-13)22-2/h5-12H,4H2,1-3H3/b10-5+. The average Bonchev–Trinajstić information content (AvgIpc) is 2.60. The van der Waals surface area contributed by atoms with Crippen LogP contribution in [0.25, 0.3) is 6.08 Å². The van der Waals surface area contributed by atoms with Crippen LogP contribution in [0.1, 0.15) is 22.8 Å². The Morgan fingerprint density at radius 2 is 1.83 bits per heavy atom. The zero-order valence-electron chi connectivity index (χ0n) is 13.8. The minimum atomic E-state index is -0.107. The number of rotatable bonds is 7. The zero-order chi connectivity index (χ0) is 17.5. The molecular weight excluding hydrogens is 328 g/mol. The molecule has 2 aromatic rings. The Bertz CT molecular complexity index is 736. The fourth-order valence-electron chi connectivity index (χ4n) is 2.18. The van der Waals surface area contributed by atoms with Crippen LogP contribution in [-0.2, 0) is 0 Å². The molecule has 126 valence electrons. The van der Waals surface area contributed by atoms with Crippen LogP contribution in [-0.4, -0.2) is 26.6 Å². The Balaban J connectivity index is 2.17. The molecule has 0 aliphatic rings. The summed E-state index contributed by atoms with van der Waals surface area (Å²) in [7, 11) is 3.06. The number of hydrogen-bond donors (Lipinski definition) is 0. The lowest BCUT2D eigenvalue weighted by molar-refractivity contribution is 0.104. The Morgan fingerprint density at radius 1 is 1.12 bits per heavy atom. The maximum absolute atomic E-state index is 12.2. The average molecular weight is 347 g/mol. The van der Waals surface area contributed by atoms with Gasteiger partial charge in [0.15, 0.2) is 17.3 Å². The Labute approximate surface area is 146 Å². The zero-order valence-corrected chi connectivity index (χ0v) is 14.6. The highest BCUT2D eigenvalue weighted by Gasteiger charge is 2.10. The van der Waals surface area contributed by atoms with E-state index in [9.17, 15) is 4.79 Å². The summed E-state index contributed by atoms with van der Waals surface area (Å²) >= 11 is 6.16. The second-order valence-electron chi connectivity index (χ2n) is 4.89. The van der Waals surface area contributed by atoms with Crippen LogP contribution in [0.5, 0.6) is 17.2 Å². The van der Waals surface area contributed by atoms with Crippen LogP contribution < -0.4 is 14.2 Å². The lowest BCUT2D eigenvalue weighted by Gasteiger charge is -2.10. The molecule has 0 aliphatic heterocycles. The Hall–Kier alpha value is -2.46. The second kappa shape index (κ2) is 8.41. The number of allylic oxidation sites excluding steroid dienone is 1. The number of carbonyl (C=O) groups excluding carboxylic acids is 1. The molecule has 24 heavy (non-hydrogen) atoms. The topological polar surface area (TPSA) is 44.8 Å². The molecule has 0 amide bonds. The molecular formula is C19H19ClO4. The summed E-state index contributed by atoms with van der Waals surface area (Å²) < 4.78 is 15.8.